The topological polar surface area (TPSA) is 140 Å². The number of nitrogens with zero attached hydrogens (tertiary/aromatic N) is 3. The third-order valence-corrected chi connectivity index (χ3v) is 10.5. The maximum Gasteiger partial charge on any atom is 0.332 e. The Balaban J connectivity index is 1.72. The number of nitrogens with one attached hydrogen (secondary N) is 2. The maximum atomic E-state index is 14.3. The lowest BCUT2D eigenvalue weighted by Gasteiger charge is -2.30. The van der Waals surface area contributed by atoms with E-state index in [4.69, 9.17) is 4.74 Å². The lowest BCUT2D eigenvalue weighted by atomic mass is 9.87. The van der Waals surface area contributed by atoms with E-state index in [2.05, 4.69) is 54.2 Å². The standard InChI is InChI=1S/C31H41Br2N5O6/c1-6-44-29(43)31-15-19(31)12-10-8-7-9-11-13-22(35-25(39)18(2)30(3,4)5)27(41)37-17-20(14-23(37)26(40)36-31)38-28(42)24(33)21(32)16-34-38/h10,12,16,19-20,22-23H,2,6-9,11,13-15,17H2,1,3-5H3,(H,35,39)(H,36,40)/b12-10-/t19-,20-,22+,23+,31-/m1/s1. The van der Waals surface area contributed by atoms with Gasteiger partial charge in [0.1, 0.15) is 22.1 Å². The van der Waals surface area contributed by atoms with Crippen LogP contribution in [0.25, 0.3) is 0 Å². The molecule has 2 N–H and O–H groups in total. The molecular formula is C31H41Br2N5O6. The summed E-state index contributed by atoms with van der Waals surface area (Å²) in [6.45, 7) is 11.5. The molecule has 0 aromatic carbocycles. The molecule has 0 radical (unpaired) electrons. The van der Waals surface area contributed by atoms with Crippen molar-refractivity contribution in [3.63, 3.8) is 0 Å². The van der Waals surface area contributed by atoms with Crippen LogP contribution in [-0.2, 0) is 23.9 Å². The fraction of sp³-hybridized carbons (Fsp3) is 0.613. The van der Waals surface area contributed by atoms with Crippen LogP contribution in [0.3, 0.4) is 0 Å². The van der Waals surface area contributed by atoms with Gasteiger partial charge in [0.15, 0.2) is 0 Å². The van der Waals surface area contributed by atoms with E-state index in [0.29, 0.717) is 29.3 Å². The monoisotopic (exact) mass is 737 g/mol. The van der Waals surface area contributed by atoms with Gasteiger partial charge in [-0.3, -0.25) is 19.2 Å². The van der Waals surface area contributed by atoms with Crippen LogP contribution >= 0.6 is 31.9 Å². The predicted molar refractivity (Wildman–Crippen MR) is 171 cm³/mol. The van der Waals surface area contributed by atoms with Crippen LogP contribution in [0, 0.1) is 11.3 Å². The van der Waals surface area contributed by atoms with Crippen LogP contribution in [0.4, 0.5) is 0 Å². The third-order valence-electron chi connectivity index (χ3n) is 8.63. The molecule has 0 bridgehead atoms. The Kier molecular flexibility index (Phi) is 10.6. The number of aromatic nitrogens is 2. The number of esters is 1. The highest BCUT2D eigenvalue weighted by atomic mass is 79.9. The van der Waals surface area contributed by atoms with Crippen LogP contribution in [0.5, 0.6) is 0 Å². The smallest absolute Gasteiger partial charge is 0.332 e. The molecule has 1 saturated heterocycles. The molecule has 1 aliphatic carbocycles. The highest BCUT2D eigenvalue weighted by Gasteiger charge is 2.62. The molecule has 0 unspecified atom stereocenters. The van der Waals surface area contributed by atoms with Crippen molar-refractivity contribution in [3.8, 4) is 0 Å². The van der Waals surface area contributed by atoms with Crippen molar-refractivity contribution in [2.45, 2.75) is 96.3 Å². The largest absolute Gasteiger partial charge is 0.464 e. The van der Waals surface area contributed by atoms with Crippen molar-refractivity contribution in [2.75, 3.05) is 13.2 Å². The molecule has 44 heavy (non-hydrogen) atoms. The molecule has 13 heteroatoms. The third kappa shape index (κ3) is 7.19. The van der Waals surface area contributed by atoms with Crippen molar-refractivity contribution in [1.82, 2.24) is 25.3 Å². The Morgan fingerprint density at radius 1 is 1.20 bits per heavy atom. The van der Waals surface area contributed by atoms with Crippen LogP contribution < -0.4 is 16.2 Å². The molecule has 11 nitrogen and oxygen atoms in total. The fourth-order valence-electron chi connectivity index (χ4n) is 5.77. The zero-order valence-electron chi connectivity index (χ0n) is 25.7. The van der Waals surface area contributed by atoms with Gasteiger partial charge in [-0.2, -0.15) is 5.10 Å². The summed E-state index contributed by atoms with van der Waals surface area (Å²) in [4.78, 5) is 69.2. The van der Waals surface area contributed by atoms with E-state index in [0.717, 1.165) is 19.3 Å². The zero-order valence-corrected chi connectivity index (χ0v) is 28.8. The molecule has 4 rings (SSSR count). The van der Waals surface area contributed by atoms with Gasteiger partial charge >= 0.3 is 5.97 Å². The van der Waals surface area contributed by atoms with Crippen molar-refractivity contribution in [3.05, 3.63) is 49.8 Å². The number of ether oxygens (including phenoxy) is 1. The van der Waals surface area contributed by atoms with Gasteiger partial charge < -0.3 is 20.3 Å². The number of fused-ring (bicyclic) bond motifs is 2. The average Bonchev–Trinajstić information content (AvgIpc) is 3.48. The van der Waals surface area contributed by atoms with Crippen LogP contribution in [0.15, 0.2) is 44.2 Å². The van der Waals surface area contributed by atoms with E-state index in [-0.39, 0.29) is 30.0 Å². The van der Waals surface area contributed by atoms with Gasteiger partial charge in [-0.15, -0.1) is 0 Å². The summed E-state index contributed by atoms with van der Waals surface area (Å²) in [5.41, 5.74) is -1.80. The molecule has 0 spiro atoms. The number of allylic oxidation sites excluding steroid dienone is 1. The summed E-state index contributed by atoms with van der Waals surface area (Å²) < 4.78 is 7.36. The Bertz CT molecular complexity index is 1420. The molecule has 2 aliphatic heterocycles. The highest BCUT2D eigenvalue weighted by Crippen LogP contribution is 2.46. The van der Waals surface area contributed by atoms with Gasteiger partial charge in [-0.1, -0.05) is 52.3 Å². The minimum absolute atomic E-state index is 0.0141. The lowest BCUT2D eigenvalue weighted by Crippen LogP contribution is -2.56. The number of carbonyl (C=O) groups excluding carboxylic acids is 4. The fourth-order valence-corrected chi connectivity index (χ4v) is 6.32. The van der Waals surface area contributed by atoms with Crippen molar-refractivity contribution in [2.24, 2.45) is 11.3 Å². The van der Waals surface area contributed by atoms with E-state index in [1.165, 1.54) is 15.8 Å². The summed E-state index contributed by atoms with van der Waals surface area (Å²) in [5.74, 6) is -2.12. The Morgan fingerprint density at radius 3 is 2.61 bits per heavy atom. The Morgan fingerprint density at radius 2 is 1.93 bits per heavy atom. The first-order valence-corrected chi connectivity index (χ1v) is 16.7. The molecule has 3 amide bonds. The van der Waals surface area contributed by atoms with Crippen molar-refractivity contribution >= 4 is 55.6 Å². The van der Waals surface area contributed by atoms with Gasteiger partial charge in [-0.05, 0) is 69.9 Å². The highest BCUT2D eigenvalue weighted by molar-refractivity contribution is 9.13. The first-order valence-electron chi connectivity index (χ1n) is 15.1. The minimum atomic E-state index is -1.22. The zero-order chi connectivity index (χ0) is 32.4. The van der Waals surface area contributed by atoms with E-state index in [9.17, 15) is 24.0 Å². The van der Waals surface area contributed by atoms with Gasteiger partial charge in [0.25, 0.3) is 5.56 Å². The molecular weight excluding hydrogens is 698 g/mol. The number of hydrogen-bond acceptors (Lipinski definition) is 7. The molecule has 2 fully saturated rings. The number of carbonyl (C=O) groups is 4. The number of halogens is 2. The Hall–Kier alpha value is -2.80. The van der Waals surface area contributed by atoms with E-state index in [1.807, 2.05) is 32.9 Å². The van der Waals surface area contributed by atoms with E-state index >= 15 is 0 Å². The molecule has 240 valence electrons. The first-order chi connectivity index (χ1) is 20.7. The van der Waals surface area contributed by atoms with Crippen LogP contribution in [0.2, 0.25) is 0 Å². The quantitative estimate of drug-likeness (QED) is 0.265. The molecule has 3 aliphatic rings. The normalized spacial score (nSPS) is 28.5. The summed E-state index contributed by atoms with van der Waals surface area (Å²) in [6, 6.07) is -2.55. The van der Waals surface area contributed by atoms with E-state index in [1.54, 1.807) is 6.92 Å². The SMILES string of the molecule is C=C(C(=O)N[C@H]1CCCCC/C=C\[C@@H]2C[C@@]2(C(=O)OCC)NC(=O)[C@@H]2C[C@@H](n3ncc(Br)c(Br)c3=O)CN2C1=O)C(C)(C)C. The van der Waals surface area contributed by atoms with Crippen molar-refractivity contribution in [1.29, 1.82) is 0 Å². The van der Waals surface area contributed by atoms with Gasteiger partial charge in [0, 0.05) is 24.5 Å². The average molecular weight is 740 g/mol. The number of rotatable bonds is 5. The summed E-state index contributed by atoms with van der Waals surface area (Å²) in [6.07, 6.45) is 9.48. The second kappa shape index (κ2) is 13.7. The van der Waals surface area contributed by atoms with Gasteiger partial charge in [0.2, 0.25) is 17.7 Å². The number of amides is 3. The number of hydrogen-bond donors (Lipinski definition) is 2. The molecule has 1 aromatic heterocycles. The molecule has 1 saturated carbocycles. The molecule has 5 atom stereocenters. The minimum Gasteiger partial charge on any atom is -0.464 e. The van der Waals surface area contributed by atoms with Crippen molar-refractivity contribution < 1.29 is 23.9 Å². The summed E-state index contributed by atoms with van der Waals surface area (Å²) in [5, 5.41) is 10.1. The lowest BCUT2D eigenvalue weighted by molar-refractivity contribution is -0.150. The summed E-state index contributed by atoms with van der Waals surface area (Å²) >= 11 is 6.58. The molecule has 1 aromatic rings. The summed E-state index contributed by atoms with van der Waals surface area (Å²) in [7, 11) is 0. The Labute approximate surface area is 274 Å². The van der Waals surface area contributed by atoms with E-state index < -0.39 is 58.3 Å². The molecule has 3 heterocycles. The van der Waals surface area contributed by atoms with Gasteiger partial charge in [0.05, 0.1) is 23.3 Å². The predicted octanol–water partition coefficient (Wildman–Crippen LogP) is 3.96. The van der Waals surface area contributed by atoms with Gasteiger partial charge in [-0.25, -0.2) is 9.48 Å². The van der Waals surface area contributed by atoms with Crippen LogP contribution in [0.1, 0.15) is 78.7 Å². The first kappa shape index (κ1) is 34.1. The maximum absolute atomic E-state index is 14.3. The second-order valence-corrected chi connectivity index (χ2v) is 14.4. The van der Waals surface area contributed by atoms with Crippen LogP contribution in [-0.4, -0.2) is 69.1 Å². The second-order valence-electron chi connectivity index (χ2n) is 12.8.